The third kappa shape index (κ3) is 7.69. The Hall–Kier alpha value is -2.40. The summed E-state index contributed by atoms with van der Waals surface area (Å²) in [6.45, 7) is 2.80. The van der Waals surface area contributed by atoms with Crippen LogP contribution in [0, 0.1) is 0 Å². The number of benzene rings is 2. The molecule has 0 atom stereocenters. The molecule has 0 unspecified atom stereocenters. The number of methoxy groups -OCH3 is 1. The van der Waals surface area contributed by atoms with E-state index in [4.69, 9.17) is 10.5 Å². The zero-order valence-corrected chi connectivity index (χ0v) is 17.6. The third-order valence-corrected chi connectivity index (χ3v) is 5.44. The van der Waals surface area contributed by atoms with E-state index in [2.05, 4.69) is 18.3 Å². The van der Waals surface area contributed by atoms with Gasteiger partial charge in [-0.2, -0.15) is 0 Å². The second-order valence-corrected chi connectivity index (χ2v) is 7.72. The lowest BCUT2D eigenvalue weighted by atomic mass is 10.1. The zero-order valence-electron chi connectivity index (χ0n) is 16.7. The van der Waals surface area contributed by atoms with Crippen molar-refractivity contribution in [1.82, 2.24) is 5.32 Å². The van der Waals surface area contributed by atoms with E-state index in [1.165, 1.54) is 19.3 Å². The maximum Gasteiger partial charge on any atom is 0.244 e. The van der Waals surface area contributed by atoms with Crippen LogP contribution in [-0.2, 0) is 11.2 Å². The molecule has 5 heteroatoms. The molecule has 4 nitrogen and oxygen atoms in total. The van der Waals surface area contributed by atoms with E-state index in [9.17, 15) is 4.79 Å². The van der Waals surface area contributed by atoms with Crippen LogP contribution in [0.4, 0.5) is 5.69 Å². The normalized spacial score (nSPS) is 10.9. The van der Waals surface area contributed by atoms with Crippen molar-refractivity contribution >= 4 is 29.4 Å². The number of ether oxygens (including phenoxy) is 1. The topological polar surface area (TPSA) is 64.4 Å². The Bertz CT molecular complexity index is 773. The molecular weight excluding hydrogens is 368 g/mol. The van der Waals surface area contributed by atoms with Crippen molar-refractivity contribution in [3.63, 3.8) is 0 Å². The fourth-order valence-electron chi connectivity index (χ4n) is 2.69. The van der Waals surface area contributed by atoms with Gasteiger partial charge in [-0.05, 0) is 60.1 Å². The Morgan fingerprint density at radius 3 is 2.68 bits per heavy atom. The second kappa shape index (κ2) is 12.1. The minimum absolute atomic E-state index is 0.0941. The van der Waals surface area contributed by atoms with Gasteiger partial charge in [-0.3, -0.25) is 4.79 Å². The fraction of sp³-hybridized carbons (Fsp3) is 0.348. The number of anilines is 1. The number of unbranched alkanes of at least 4 members (excludes halogenated alkanes) is 2. The molecule has 2 aromatic rings. The highest BCUT2D eigenvalue weighted by atomic mass is 32.2. The van der Waals surface area contributed by atoms with Gasteiger partial charge in [-0.25, -0.2) is 0 Å². The summed E-state index contributed by atoms with van der Waals surface area (Å²) in [5.74, 6) is 1.86. The maximum absolute atomic E-state index is 12.1. The van der Waals surface area contributed by atoms with Gasteiger partial charge in [0.15, 0.2) is 0 Å². The predicted octanol–water partition coefficient (Wildman–Crippen LogP) is 4.93. The van der Waals surface area contributed by atoms with Gasteiger partial charge in [0.1, 0.15) is 5.75 Å². The summed E-state index contributed by atoms with van der Waals surface area (Å²) in [4.78, 5) is 13.2. The zero-order chi connectivity index (χ0) is 20.2. The molecule has 2 aromatic carbocycles. The number of hydrogen-bond acceptors (Lipinski definition) is 4. The summed E-state index contributed by atoms with van der Waals surface area (Å²) in [6.07, 6.45) is 7.85. The summed E-state index contributed by atoms with van der Waals surface area (Å²) in [5, 5.41) is 2.91. The minimum atomic E-state index is -0.0941. The lowest BCUT2D eigenvalue weighted by Crippen LogP contribution is -2.23. The van der Waals surface area contributed by atoms with Crippen LogP contribution in [0.25, 0.3) is 6.08 Å². The van der Waals surface area contributed by atoms with Gasteiger partial charge in [0.05, 0.1) is 7.11 Å². The molecular formula is C23H30N2O2S. The quantitative estimate of drug-likeness (QED) is 0.244. The van der Waals surface area contributed by atoms with Crippen molar-refractivity contribution in [3.05, 3.63) is 59.7 Å². The average molecular weight is 399 g/mol. The van der Waals surface area contributed by atoms with Crippen LogP contribution in [0.2, 0.25) is 0 Å². The molecule has 28 heavy (non-hydrogen) atoms. The van der Waals surface area contributed by atoms with Crippen LogP contribution >= 0.6 is 11.8 Å². The van der Waals surface area contributed by atoms with E-state index in [1.54, 1.807) is 24.9 Å². The smallest absolute Gasteiger partial charge is 0.244 e. The van der Waals surface area contributed by atoms with Crippen molar-refractivity contribution in [2.45, 2.75) is 37.5 Å². The molecule has 0 radical (unpaired) electrons. The molecule has 0 spiro atoms. The van der Waals surface area contributed by atoms with Gasteiger partial charge >= 0.3 is 0 Å². The van der Waals surface area contributed by atoms with Crippen molar-refractivity contribution in [2.24, 2.45) is 0 Å². The SMILES string of the molecule is CCCCCSc1cc(/C=C/C(=O)NCCc2ccc(N)cc2)ccc1OC. The van der Waals surface area contributed by atoms with E-state index in [0.29, 0.717) is 6.54 Å². The maximum atomic E-state index is 12.1. The summed E-state index contributed by atoms with van der Waals surface area (Å²) < 4.78 is 5.45. The Labute approximate surface area is 172 Å². The van der Waals surface area contributed by atoms with Gasteiger partial charge in [-0.1, -0.05) is 38.0 Å². The van der Waals surface area contributed by atoms with E-state index < -0.39 is 0 Å². The molecule has 0 aliphatic carbocycles. The molecule has 0 aliphatic rings. The molecule has 1 amide bonds. The monoisotopic (exact) mass is 398 g/mol. The standard InChI is InChI=1S/C23H30N2O2S/c1-3-4-5-16-28-22-17-19(8-12-21(22)27-2)9-13-23(26)25-15-14-18-6-10-20(24)11-7-18/h6-13,17H,3-5,14-16,24H2,1-2H3,(H,25,26)/b13-9+. The third-order valence-electron chi connectivity index (χ3n) is 4.31. The molecule has 150 valence electrons. The number of nitrogens with two attached hydrogens (primary N) is 1. The van der Waals surface area contributed by atoms with Crippen molar-refractivity contribution in [3.8, 4) is 5.75 Å². The van der Waals surface area contributed by atoms with Crippen molar-refractivity contribution in [2.75, 3.05) is 25.1 Å². The molecule has 0 saturated heterocycles. The van der Waals surface area contributed by atoms with E-state index in [1.807, 2.05) is 42.5 Å². The van der Waals surface area contributed by atoms with Crippen LogP contribution in [0.5, 0.6) is 5.75 Å². The second-order valence-electron chi connectivity index (χ2n) is 6.58. The number of carbonyl (C=O) groups excluding carboxylic acids is 1. The first-order chi connectivity index (χ1) is 13.6. The van der Waals surface area contributed by atoms with E-state index >= 15 is 0 Å². The number of hydrogen-bond donors (Lipinski definition) is 2. The number of amides is 1. The Balaban J connectivity index is 1.85. The first kappa shape index (κ1) is 21.9. The predicted molar refractivity (Wildman–Crippen MR) is 120 cm³/mol. The average Bonchev–Trinajstić information content (AvgIpc) is 2.71. The molecule has 0 aromatic heterocycles. The fourth-order valence-corrected chi connectivity index (χ4v) is 3.77. The molecule has 0 aliphatic heterocycles. The Morgan fingerprint density at radius 1 is 1.18 bits per heavy atom. The number of nitrogen functional groups attached to an aromatic ring is 1. The van der Waals surface area contributed by atoms with Gasteiger partial charge in [-0.15, -0.1) is 11.8 Å². The van der Waals surface area contributed by atoms with E-state index in [0.717, 1.165) is 39.6 Å². The molecule has 0 saturated carbocycles. The summed E-state index contributed by atoms with van der Waals surface area (Å²) in [6, 6.07) is 13.7. The molecule has 3 N–H and O–H groups in total. The highest BCUT2D eigenvalue weighted by Crippen LogP contribution is 2.31. The molecule has 0 bridgehead atoms. The summed E-state index contributed by atoms with van der Waals surface area (Å²) >= 11 is 1.80. The molecule has 0 fully saturated rings. The van der Waals surface area contributed by atoms with Crippen LogP contribution in [0.3, 0.4) is 0 Å². The van der Waals surface area contributed by atoms with Crippen molar-refractivity contribution in [1.29, 1.82) is 0 Å². The molecule has 0 heterocycles. The highest BCUT2D eigenvalue weighted by molar-refractivity contribution is 7.99. The number of nitrogens with one attached hydrogen (secondary N) is 1. The number of rotatable bonds is 11. The lowest BCUT2D eigenvalue weighted by molar-refractivity contribution is -0.116. The van der Waals surface area contributed by atoms with Crippen LogP contribution in [-0.4, -0.2) is 25.3 Å². The van der Waals surface area contributed by atoms with Gasteiger partial charge in [0.2, 0.25) is 5.91 Å². The first-order valence-electron chi connectivity index (χ1n) is 9.73. The van der Waals surface area contributed by atoms with Gasteiger partial charge in [0, 0.05) is 23.2 Å². The lowest BCUT2D eigenvalue weighted by Gasteiger charge is -2.09. The van der Waals surface area contributed by atoms with Crippen LogP contribution in [0.15, 0.2) is 53.4 Å². The highest BCUT2D eigenvalue weighted by Gasteiger charge is 2.05. The Kier molecular flexibility index (Phi) is 9.49. The Morgan fingerprint density at radius 2 is 1.96 bits per heavy atom. The van der Waals surface area contributed by atoms with Crippen molar-refractivity contribution < 1.29 is 9.53 Å². The summed E-state index contributed by atoms with van der Waals surface area (Å²) in [5.41, 5.74) is 8.57. The minimum Gasteiger partial charge on any atom is -0.496 e. The molecule has 2 rings (SSSR count). The van der Waals surface area contributed by atoms with Crippen LogP contribution < -0.4 is 15.8 Å². The summed E-state index contributed by atoms with van der Waals surface area (Å²) in [7, 11) is 1.69. The number of thioether (sulfide) groups is 1. The largest absolute Gasteiger partial charge is 0.496 e. The van der Waals surface area contributed by atoms with E-state index in [-0.39, 0.29) is 5.91 Å². The first-order valence-corrected chi connectivity index (χ1v) is 10.7. The van der Waals surface area contributed by atoms with Gasteiger partial charge in [0.25, 0.3) is 0 Å². The van der Waals surface area contributed by atoms with Gasteiger partial charge < -0.3 is 15.8 Å². The number of carbonyl (C=O) groups is 1. The van der Waals surface area contributed by atoms with Crippen LogP contribution in [0.1, 0.15) is 37.3 Å².